The summed E-state index contributed by atoms with van der Waals surface area (Å²) in [6, 6.07) is 14.0. The first-order chi connectivity index (χ1) is 16.2. The van der Waals surface area contributed by atoms with Crippen molar-refractivity contribution in [2.75, 3.05) is 12.5 Å². The molecule has 0 bridgehead atoms. The minimum Gasteiger partial charge on any atom is -0.320 e. The number of hydrogen-bond donors (Lipinski definition) is 1. The number of nitrogens with zero attached hydrogens (tertiary/aromatic N) is 2. The first kappa shape index (κ1) is 26.2. The van der Waals surface area contributed by atoms with Gasteiger partial charge in [-0.3, -0.25) is 9.59 Å². The Morgan fingerprint density at radius 2 is 1.74 bits per heavy atom. The van der Waals surface area contributed by atoms with Crippen molar-refractivity contribution in [3.05, 3.63) is 65.6 Å². The summed E-state index contributed by atoms with van der Waals surface area (Å²) in [6.07, 6.45) is 6.03. The monoisotopic (exact) mass is 517 g/mol. The van der Waals surface area contributed by atoms with E-state index < -0.39 is 20.9 Å². The van der Waals surface area contributed by atoms with E-state index in [0.29, 0.717) is 34.8 Å². The first-order valence-corrected chi connectivity index (χ1v) is 14.7. The van der Waals surface area contributed by atoms with Gasteiger partial charge in [0.25, 0.3) is 10.9 Å². The Morgan fingerprint density at radius 3 is 2.32 bits per heavy atom. The second-order valence-electron chi connectivity index (χ2n) is 7.63. The molecule has 0 radical (unpaired) electrons. The van der Waals surface area contributed by atoms with Gasteiger partial charge >= 0.3 is 0 Å². The molecule has 1 aromatic heterocycles. The zero-order valence-corrected chi connectivity index (χ0v) is 21.7. The number of unbranched alkanes of at least 4 members (excludes halogenated alkanes) is 1. The van der Waals surface area contributed by atoms with Crippen LogP contribution in [0.4, 0.5) is 0 Å². The molecule has 180 valence electrons. The number of hydrogen-bond acceptors (Lipinski definition) is 7. The van der Waals surface area contributed by atoms with Gasteiger partial charge in [-0.15, -0.1) is 11.8 Å². The highest BCUT2D eigenvalue weighted by Gasteiger charge is 2.27. The lowest BCUT2D eigenvalue weighted by Crippen LogP contribution is -2.18. The third-order valence-electron chi connectivity index (χ3n) is 5.35. The lowest BCUT2D eigenvalue weighted by atomic mass is 10.0. The molecule has 0 aliphatic heterocycles. The molecule has 10 heteroatoms. The van der Waals surface area contributed by atoms with Crippen LogP contribution < -0.4 is 5.14 Å². The number of aromatic nitrogens is 2. The molecule has 2 aromatic carbocycles. The fourth-order valence-corrected chi connectivity index (χ4v) is 5.28. The molecule has 0 spiro atoms. The van der Waals surface area contributed by atoms with Gasteiger partial charge in [0, 0.05) is 18.5 Å². The molecule has 0 atom stereocenters. The quantitative estimate of drug-likeness (QED) is 0.241. The van der Waals surface area contributed by atoms with Crippen molar-refractivity contribution in [1.82, 2.24) is 9.55 Å². The highest BCUT2D eigenvalue weighted by molar-refractivity contribution is 8.14. The average Bonchev–Trinajstić information content (AvgIpc) is 3.18. The number of primary sulfonamides is 1. The molecule has 0 aliphatic carbocycles. The molecular formula is C24H27N3O4S3. The number of benzene rings is 2. The summed E-state index contributed by atoms with van der Waals surface area (Å²) in [5.74, 6) is 0.220. The number of Topliss-reactive ketones (excluding diaryl/α,β-unsaturated/α-hetero) is 1. The van der Waals surface area contributed by atoms with E-state index >= 15 is 0 Å². The molecule has 0 saturated carbocycles. The van der Waals surface area contributed by atoms with Crippen LogP contribution in [0.15, 0.2) is 58.5 Å². The van der Waals surface area contributed by atoms with Crippen molar-refractivity contribution >= 4 is 44.4 Å². The number of carbonyl (C=O) groups excluding carboxylic acids is 2. The van der Waals surface area contributed by atoms with Crippen molar-refractivity contribution in [1.29, 1.82) is 0 Å². The molecule has 0 saturated heterocycles. The fraction of sp³-hybridized carbons (Fsp3) is 0.292. The summed E-state index contributed by atoms with van der Waals surface area (Å²) in [7, 11) is -3.87. The summed E-state index contributed by atoms with van der Waals surface area (Å²) in [4.78, 5) is 29.9. The Labute approximate surface area is 208 Å². The smallest absolute Gasteiger partial charge is 0.261 e. The summed E-state index contributed by atoms with van der Waals surface area (Å²) < 4.78 is 25.8. The van der Waals surface area contributed by atoms with Crippen LogP contribution in [0.3, 0.4) is 0 Å². The third kappa shape index (κ3) is 5.80. The van der Waals surface area contributed by atoms with E-state index in [1.807, 2.05) is 35.1 Å². The molecule has 34 heavy (non-hydrogen) atoms. The lowest BCUT2D eigenvalue weighted by Gasteiger charge is -2.13. The summed E-state index contributed by atoms with van der Waals surface area (Å²) in [6.45, 7) is 2.45. The number of rotatable bonds is 10. The third-order valence-corrected chi connectivity index (χ3v) is 7.54. The average molecular weight is 518 g/mol. The second kappa shape index (κ2) is 11.4. The number of carbonyl (C=O) groups is 2. The maximum Gasteiger partial charge on any atom is 0.261 e. The maximum absolute atomic E-state index is 12.9. The maximum atomic E-state index is 12.9. The van der Waals surface area contributed by atoms with Gasteiger partial charge in [-0.05, 0) is 36.1 Å². The minimum absolute atomic E-state index is 0.0623. The molecular weight excluding hydrogens is 490 g/mol. The molecule has 3 rings (SSSR count). The van der Waals surface area contributed by atoms with E-state index in [4.69, 9.17) is 5.14 Å². The van der Waals surface area contributed by atoms with Crippen molar-refractivity contribution in [3.63, 3.8) is 0 Å². The Balaban J connectivity index is 2.02. The standard InChI is InChI=1S/C24H27N3O4S3/c1-4-5-10-20-26-23(32-2)21(22(28)24(29)33-3)27(20)15-16-11-13-17(14-12-16)18-8-6-7-9-19(18)34(25,30)31/h6-9,11-14H,4-5,10,15H2,1-3H3,(H2,25,30,31). The van der Waals surface area contributed by atoms with E-state index in [9.17, 15) is 18.0 Å². The Kier molecular flexibility index (Phi) is 8.75. The number of aryl methyl sites for hydroxylation is 1. The van der Waals surface area contributed by atoms with Crippen LogP contribution in [-0.4, -0.2) is 41.4 Å². The van der Waals surface area contributed by atoms with E-state index in [1.165, 1.54) is 17.8 Å². The molecule has 7 nitrogen and oxygen atoms in total. The largest absolute Gasteiger partial charge is 0.320 e. The van der Waals surface area contributed by atoms with Gasteiger partial charge in [0.15, 0.2) is 0 Å². The number of thioether (sulfide) groups is 2. The highest BCUT2D eigenvalue weighted by Crippen LogP contribution is 2.28. The van der Waals surface area contributed by atoms with E-state index in [0.717, 1.165) is 36.0 Å². The highest BCUT2D eigenvalue weighted by atomic mass is 32.2. The molecule has 3 aromatic rings. The van der Waals surface area contributed by atoms with Gasteiger partial charge < -0.3 is 4.57 Å². The van der Waals surface area contributed by atoms with Gasteiger partial charge in [0.1, 0.15) is 16.5 Å². The number of nitrogens with two attached hydrogens (primary N) is 1. The van der Waals surface area contributed by atoms with Crippen LogP contribution in [0.25, 0.3) is 11.1 Å². The Morgan fingerprint density at radius 1 is 1.06 bits per heavy atom. The predicted molar refractivity (Wildman–Crippen MR) is 138 cm³/mol. The van der Waals surface area contributed by atoms with Crippen molar-refractivity contribution in [2.24, 2.45) is 5.14 Å². The van der Waals surface area contributed by atoms with Gasteiger partial charge in [-0.25, -0.2) is 18.5 Å². The number of imidazole rings is 1. The summed E-state index contributed by atoms with van der Waals surface area (Å²) in [5.41, 5.74) is 2.45. The minimum atomic E-state index is -3.87. The van der Waals surface area contributed by atoms with Crippen LogP contribution in [0.1, 0.15) is 41.6 Å². The zero-order valence-electron chi connectivity index (χ0n) is 19.3. The topological polar surface area (TPSA) is 112 Å². The van der Waals surface area contributed by atoms with Crippen LogP contribution in [0.2, 0.25) is 0 Å². The van der Waals surface area contributed by atoms with E-state index in [2.05, 4.69) is 11.9 Å². The molecule has 0 fully saturated rings. The number of ketones is 1. The number of sulfonamides is 1. The van der Waals surface area contributed by atoms with Gasteiger partial charge in [-0.1, -0.05) is 67.6 Å². The lowest BCUT2D eigenvalue weighted by molar-refractivity contribution is -0.107. The van der Waals surface area contributed by atoms with E-state index in [-0.39, 0.29) is 4.90 Å². The second-order valence-corrected chi connectivity index (χ2v) is 10.7. The Bertz CT molecular complexity index is 1300. The molecule has 0 unspecified atom stereocenters. The molecule has 0 amide bonds. The first-order valence-electron chi connectivity index (χ1n) is 10.7. The van der Waals surface area contributed by atoms with Crippen LogP contribution in [0.5, 0.6) is 0 Å². The van der Waals surface area contributed by atoms with Crippen LogP contribution >= 0.6 is 23.5 Å². The Hall–Kier alpha value is -2.40. The normalized spacial score (nSPS) is 11.5. The summed E-state index contributed by atoms with van der Waals surface area (Å²) >= 11 is 2.25. The molecule has 2 N–H and O–H groups in total. The van der Waals surface area contributed by atoms with Gasteiger partial charge in [-0.2, -0.15) is 0 Å². The SMILES string of the molecule is CCCCc1nc(SC)c(C(=O)C(=O)SC)n1Cc1ccc(-c2ccccc2S(N)(=O)=O)cc1. The molecule has 0 aliphatic rings. The zero-order chi connectivity index (χ0) is 24.9. The predicted octanol–water partition coefficient (Wildman–Crippen LogP) is 4.38. The van der Waals surface area contributed by atoms with E-state index in [1.54, 1.807) is 24.5 Å². The van der Waals surface area contributed by atoms with Gasteiger partial charge in [0.2, 0.25) is 10.0 Å². The van der Waals surface area contributed by atoms with Crippen LogP contribution in [-0.2, 0) is 27.8 Å². The van der Waals surface area contributed by atoms with Crippen molar-refractivity contribution in [2.45, 2.75) is 42.7 Å². The molecule has 1 heterocycles. The van der Waals surface area contributed by atoms with Crippen LogP contribution in [0, 0.1) is 0 Å². The van der Waals surface area contributed by atoms with Gasteiger partial charge in [0.05, 0.1) is 4.90 Å². The fourth-order valence-electron chi connectivity index (χ4n) is 3.65. The van der Waals surface area contributed by atoms with Crippen molar-refractivity contribution in [3.8, 4) is 11.1 Å². The summed E-state index contributed by atoms with van der Waals surface area (Å²) in [5, 5.41) is 5.41. The van der Waals surface area contributed by atoms with Crippen molar-refractivity contribution < 1.29 is 18.0 Å².